The number of piperidine rings is 1. The fraction of sp³-hybridized carbons (Fsp3) is 0.677. The molecule has 1 aromatic rings. The van der Waals surface area contributed by atoms with E-state index in [1.165, 1.54) is 0 Å². The molecule has 4 aliphatic heterocycles. The topological polar surface area (TPSA) is 133 Å². The lowest BCUT2D eigenvalue weighted by atomic mass is 9.96. The second-order valence-corrected chi connectivity index (χ2v) is 12.4. The minimum Gasteiger partial charge on any atom is -0.493 e. The van der Waals surface area contributed by atoms with Gasteiger partial charge in [0.2, 0.25) is 11.8 Å². The standard InChI is InChI=1S/C31H46N6O6/c1-20(2)33-31(41)34-25-9-8-23-12-17-42-27-7-5-4-6-24(27)30(40)37-16-15-36(22-10-13-35(14-11-22)21(3)38)19-26(37)29(39)32-18-28(25)43-23/h4-7,20,22-23,25-26,28H,8-19H2,1-3H3,(H,32,39)(H2,33,34,41)/t23-,25+,26-,28+/m0/s1. The molecule has 0 spiro atoms. The molecular weight excluding hydrogens is 552 g/mol. The monoisotopic (exact) mass is 598 g/mol. The number of para-hydroxylation sites is 1. The van der Waals surface area contributed by atoms with E-state index in [2.05, 4.69) is 20.9 Å². The van der Waals surface area contributed by atoms with Gasteiger partial charge in [-0.1, -0.05) is 12.1 Å². The summed E-state index contributed by atoms with van der Waals surface area (Å²) in [6.07, 6.45) is 3.24. The van der Waals surface area contributed by atoms with E-state index in [0.29, 0.717) is 63.5 Å². The van der Waals surface area contributed by atoms with E-state index in [9.17, 15) is 19.2 Å². The summed E-state index contributed by atoms with van der Waals surface area (Å²) in [6.45, 7) is 8.84. The molecule has 0 aliphatic carbocycles. The van der Waals surface area contributed by atoms with Crippen molar-refractivity contribution in [2.45, 2.75) is 89.3 Å². The van der Waals surface area contributed by atoms with Gasteiger partial charge in [0, 0.05) is 64.7 Å². The largest absolute Gasteiger partial charge is 0.493 e. The fourth-order valence-corrected chi connectivity index (χ4v) is 6.69. The molecule has 4 heterocycles. The number of hydrogen-bond acceptors (Lipinski definition) is 7. The zero-order valence-electron chi connectivity index (χ0n) is 25.5. The summed E-state index contributed by atoms with van der Waals surface area (Å²) in [5.74, 6) is 0.118. The summed E-state index contributed by atoms with van der Waals surface area (Å²) in [7, 11) is 0. The molecule has 5 amide bonds. The number of likely N-dealkylation sites (tertiary alicyclic amines) is 1. The number of ether oxygens (including phenoxy) is 2. The maximum Gasteiger partial charge on any atom is 0.315 e. The fourth-order valence-electron chi connectivity index (χ4n) is 6.69. The number of urea groups is 1. The van der Waals surface area contributed by atoms with Gasteiger partial charge in [0.1, 0.15) is 11.8 Å². The maximum absolute atomic E-state index is 14.0. The molecule has 236 valence electrons. The van der Waals surface area contributed by atoms with Crippen molar-refractivity contribution in [3.05, 3.63) is 29.8 Å². The molecule has 4 atom stereocenters. The second-order valence-electron chi connectivity index (χ2n) is 12.4. The van der Waals surface area contributed by atoms with E-state index in [4.69, 9.17) is 9.47 Å². The molecule has 0 aromatic heterocycles. The van der Waals surface area contributed by atoms with Crippen molar-refractivity contribution in [1.82, 2.24) is 30.7 Å². The molecule has 43 heavy (non-hydrogen) atoms. The van der Waals surface area contributed by atoms with Gasteiger partial charge in [0.15, 0.2) is 0 Å². The van der Waals surface area contributed by atoms with Gasteiger partial charge < -0.3 is 35.2 Å². The molecule has 5 rings (SSSR count). The number of hydrogen-bond donors (Lipinski definition) is 3. The highest BCUT2D eigenvalue weighted by molar-refractivity contribution is 6.00. The van der Waals surface area contributed by atoms with Crippen LogP contribution in [0.15, 0.2) is 24.3 Å². The molecule has 0 radical (unpaired) electrons. The number of carbonyl (C=O) groups excluding carboxylic acids is 4. The Labute approximate surface area is 253 Å². The van der Waals surface area contributed by atoms with Crippen LogP contribution in [0.5, 0.6) is 5.75 Å². The van der Waals surface area contributed by atoms with E-state index in [1.807, 2.05) is 30.9 Å². The molecule has 0 saturated carbocycles. The Hall–Kier alpha value is -3.38. The van der Waals surface area contributed by atoms with Crippen LogP contribution in [0.3, 0.4) is 0 Å². The van der Waals surface area contributed by atoms with Gasteiger partial charge in [-0.2, -0.15) is 0 Å². The highest BCUT2D eigenvalue weighted by Crippen LogP contribution is 2.27. The Morgan fingerprint density at radius 1 is 1.00 bits per heavy atom. The van der Waals surface area contributed by atoms with Crippen LogP contribution in [0, 0.1) is 0 Å². The highest BCUT2D eigenvalue weighted by atomic mass is 16.5. The average Bonchev–Trinajstić information content (AvgIpc) is 2.99. The first-order valence-electron chi connectivity index (χ1n) is 15.7. The van der Waals surface area contributed by atoms with E-state index < -0.39 is 12.1 Å². The summed E-state index contributed by atoms with van der Waals surface area (Å²) in [5, 5.41) is 8.99. The predicted molar refractivity (Wildman–Crippen MR) is 160 cm³/mol. The molecule has 12 heteroatoms. The molecule has 4 aliphatic rings. The van der Waals surface area contributed by atoms with Crippen LogP contribution in [0.1, 0.15) is 63.2 Å². The molecule has 2 bridgehead atoms. The SMILES string of the molecule is CC(=O)N1CCC(N2CCN3C(=O)c4ccccc4OCC[C@@H]4CC[C@@H](NC(=O)NC(C)C)[C@@H](CNC(=O)[C@@H]3C2)O4)CC1. The van der Waals surface area contributed by atoms with Crippen LogP contribution >= 0.6 is 0 Å². The summed E-state index contributed by atoms with van der Waals surface area (Å²) in [5.41, 5.74) is 0.448. The van der Waals surface area contributed by atoms with Crippen LogP contribution in [-0.2, 0) is 14.3 Å². The third-order valence-corrected chi connectivity index (χ3v) is 9.05. The zero-order valence-corrected chi connectivity index (χ0v) is 25.5. The lowest BCUT2D eigenvalue weighted by Gasteiger charge is -2.46. The quantitative estimate of drug-likeness (QED) is 0.479. The minimum atomic E-state index is -0.710. The van der Waals surface area contributed by atoms with Gasteiger partial charge in [-0.15, -0.1) is 0 Å². The summed E-state index contributed by atoms with van der Waals surface area (Å²) in [6, 6.07) is 6.20. The zero-order chi connectivity index (χ0) is 30.5. The summed E-state index contributed by atoms with van der Waals surface area (Å²) < 4.78 is 12.6. The number of fused-ring (bicyclic) bond motifs is 4. The molecule has 1 aromatic carbocycles. The first kappa shape index (κ1) is 31.1. The van der Waals surface area contributed by atoms with Crippen molar-refractivity contribution < 1.29 is 28.7 Å². The Bertz CT molecular complexity index is 1170. The number of piperazine rings is 1. The first-order valence-corrected chi connectivity index (χ1v) is 15.7. The van der Waals surface area contributed by atoms with Gasteiger partial charge in [-0.3, -0.25) is 19.3 Å². The van der Waals surface area contributed by atoms with E-state index in [1.54, 1.807) is 24.0 Å². The summed E-state index contributed by atoms with van der Waals surface area (Å²) >= 11 is 0. The van der Waals surface area contributed by atoms with Gasteiger partial charge in [-0.05, 0) is 51.7 Å². The third-order valence-electron chi connectivity index (χ3n) is 9.05. The number of nitrogens with one attached hydrogen (secondary N) is 3. The lowest BCUT2D eigenvalue weighted by Crippen LogP contribution is -2.64. The van der Waals surface area contributed by atoms with E-state index in [0.717, 1.165) is 19.3 Å². The van der Waals surface area contributed by atoms with E-state index >= 15 is 0 Å². The third kappa shape index (κ3) is 7.59. The first-order chi connectivity index (χ1) is 20.7. The predicted octanol–water partition coefficient (Wildman–Crippen LogP) is 1.35. The normalized spacial score (nSPS) is 27.7. The number of benzene rings is 1. The smallest absolute Gasteiger partial charge is 0.315 e. The Morgan fingerprint density at radius 3 is 2.51 bits per heavy atom. The average molecular weight is 599 g/mol. The molecule has 3 N–H and O–H groups in total. The summed E-state index contributed by atoms with van der Waals surface area (Å²) in [4.78, 5) is 58.1. The van der Waals surface area contributed by atoms with Crippen molar-refractivity contribution in [2.24, 2.45) is 0 Å². The van der Waals surface area contributed by atoms with Crippen molar-refractivity contribution in [3.8, 4) is 5.75 Å². The maximum atomic E-state index is 14.0. The molecular formula is C31H46N6O6. The second kappa shape index (κ2) is 13.9. The molecule has 0 unspecified atom stereocenters. The van der Waals surface area contributed by atoms with Crippen molar-refractivity contribution >= 4 is 23.8 Å². The van der Waals surface area contributed by atoms with Gasteiger partial charge in [0.25, 0.3) is 5.91 Å². The number of amides is 5. The van der Waals surface area contributed by atoms with Gasteiger partial charge in [0.05, 0.1) is 30.4 Å². The van der Waals surface area contributed by atoms with Crippen molar-refractivity contribution in [2.75, 3.05) is 45.9 Å². The molecule has 3 fully saturated rings. The van der Waals surface area contributed by atoms with Crippen LogP contribution in [0.25, 0.3) is 0 Å². The van der Waals surface area contributed by atoms with Crippen LogP contribution in [-0.4, -0.2) is 121 Å². The number of nitrogens with zero attached hydrogens (tertiary/aromatic N) is 3. The van der Waals surface area contributed by atoms with E-state index in [-0.39, 0.29) is 54.5 Å². The number of carbonyl (C=O) groups is 4. The molecule has 12 nitrogen and oxygen atoms in total. The van der Waals surface area contributed by atoms with Gasteiger partial charge >= 0.3 is 6.03 Å². The van der Waals surface area contributed by atoms with Crippen LogP contribution < -0.4 is 20.7 Å². The Balaban J connectivity index is 1.36. The highest BCUT2D eigenvalue weighted by Gasteiger charge is 2.40. The van der Waals surface area contributed by atoms with Crippen molar-refractivity contribution in [3.63, 3.8) is 0 Å². The van der Waals surface area contributed by atoms with Gasteiger partial charge in [-0.25, -0.2) is 4.79 Å². The van der Waals surface area contributed by atoms with Crippen LogP contribution in [0.4, 0.5) is 4.79 Å². The van der Waals surface area contributed by atoms with Crippen molar-refractivity contribution in [1.29, 1.82) is 0 Å². The Kier molecular flexibility index (Phi) is 10.1. The Morgan fingerprint density at radius 2 is 1.77 bits per heavy atom. The molecule has 3 saturated heterocycles. The van der Waals surface area contributed by atoms with Crippen LogP contribution in [0.2, 0.25) is 0 Å². The number of rotatable bonds is 3. The lowest BCUT2D eigenvalue weighted by molar-refractivity contribution is -0.131. The minimum absolute atomic E-state index is 0.00607.